The summed E-state index contributed by atoms with van der Waals surface area (Å²) >= 11 is 1.62. The summed E-state index contributed by atoms with van der Waals surface area (Å²) in [4.78, 5) is 67.8. The van der Waals surface area contributed by atoms with Gasteiger partial charge < -0.3 is 9.47 Å². The maximum atomic E-state index is 11.6. The Balaban J connectivity index is 0.000000201. The van der Waals surface area contributed by atoms with Gasteiger partial charge in [0.1, 0.15) is 0 Å². The molecule has 14 nitrogen and oxygen atoms in total. The molecule has 2 aromatic carbocycles. The third kappa shape index (κ3) is 11.1. The minimum absolute atomic E-state index is 0.101. The maximum Gasteiger partial charge on any atom is 0.310 e. The highest BCUT2D eigenvalue weighted by atomic mass is 32.2. The Kier molecular flexibility index (Phi) is 13.8. The van der Waals surface area contributed by atoms with Gasteiger partial charge in [0.25, 0.3) is 22.3 Å². The number of nitro groups is 2. The number of rotatable bonds is 12. The molecule has 0 spiro atoms. The van der Waals surface area contributed by atoms with Crippen molar-refractivity contribution >= 4 is 69.3 Å². The van der Waals surface area contributed by atoms with Gasteiger partial charge in [-0.25, -0.2) is 0 Å². The highest BCUT2D eigenvalue weighted by Crippen LogP contribution is 2.34. The highest BCUT2D eigenvalue weighted by molar-refractivity contribution is 8.18. The van der Waals surface area contributed by atoms with Gasteiger partial charge >= 0.3 is 11.4 Å². The number of hydrogen-bond acceptors (Lipinski definition) is 12. The van der Waals surface area contributed by atoms with Crippen LogP contribution in [-0.4, -0.2) is 45.4 Å². The molecule has 0 aromatic heterocycles. The Morgan fingerprint density at radius 3 is 1.35 bits per heavy atom. The molecule has 0 bridgehead atoms. The van der Waals surface area contributed by atoms with Crippen LogP contribution in [0, 0.1) is 32.1 Å². The quantitative estimate of drug-likeness (QED) is 0.119. The van der Waals surface area contributed by atoms with Crippen LogP contribution >= 0.6 is 23.5 Å². The number of imide groups is 2. The molecule has 4 aliphatic rings. The van der Waals surface area contributed by atoms with Gasteiger partial charge in [0.2, 0.25) is 0 Å². The maximum absolute atomic E-state index is 11.6. The van der Waals surface area contributed by atoms with Crippen molar-refractivity contribution in [3.05, 3.63) is 77.6 Å². The number of amides is 4. The molecule has 2 heterocycles. The molecule has 2 aliphatic carbocycles. The number of nitrogens with zero attached hydrogens (tertiary/aromatic N) is 2. The molecule has 4 fully saturated rings. The molecule has 6 rings (SSSR count). The van der Waals surface area contributed by atoms with Crippen LogP contribution in [0.4, 0.5) is 21.0 Å². The number of thioether (sulfide) groups is 2. The second kappa shape index (κ2) is 18.7. The number of carbonyl (C=O) groups excluding carboxylic acids is 4. The van der Waals surface area contributed by atoms with E-state index in [0.29, 0.717) is 36.2 Å². The van der Waals surface area contributed by atoms with Gasteiger partial charge in [-0.2, -0.15) is 0 Å². The molecular weight excluding hydrogens is 713 g/mol. The fourth-order valence-corrected chi connectivity index (χ4v) is 7.91. The van der Waals surface area contributed by atoms with Gasteiger partial charge in [-0.05, 0) is 95.7 Å². The zero-order chi connectivity index (χ0) is 37.0. The fraction of sp³-hybridized carbons (Fsp3) is 0.444. The van der Waals surface area contributed by atoms with Gasteiger partial charge in [-0.1, -0.05) is 64.2 Å². The van der Waals surface area contributed by atoms with Gasteiger partial charge in [0.15, 0.2) is 11.5 Å². The van der Waals surface area contributed by atoms with Crippen molar-refractivity contribution in [2.75, 3.05) is 13.2 Å². The summed E-state index contributed by atoms with van der Waals surface area (Å²) < 4.78 is 11.4. The fourth-order valence-electron chi connectivity index (χ4n) is 6.54. The van der Waals surface area contributed by atoms with Crippen molar-refractivity contribution in [2.24, 2.45) is 11.8 Å². The molecule has 0 unspecified atom stereocenters. The summed E-state index contributed by atoms with van der Waals surface area (Å²) in [6, 6.07) is 8.89. The first-order valence-electron chi connectivity index (χ1n) is 17.4. The molecule has 2 aliphatic heterocycles. The summed E-state index contributed by atoms with van der Waals surface area (Å²) in [5.74, 6) is 0.705. The summed E-state index contributed by atoms with van der Waals surface area (Å²) in [6.45, 7) is 0.860. The van der Waals surface area contributed by atoms with E-state index in [1.807, 2.05) is 0 Å². The van der Waals surface area contributed by atoms with Crippen LogP contribution < -0.4 is 20.1 Å². The van der Waals surface area contributed by atoms with Crippen LogP contribution in [0.2, 0.25) is 0 Å². The predicted molar refractivity (Wildman–Crippen MR) is 198 cm³/mol. The van der Waals surface area contributed by atoms with Gasteiger partial charge in [0, 0.05) is 12.1 Å². The largest absolute Gasteiger partial charge is 0.487 e. The van der Waals surface area contributed by atoms with E-state index in [4.69, 9.17) is 9.47 Å². The molecule has 276 valence electrons. The van der Waals surface area contributed by atoms with Crippen molar-refractivity contribution in [1.29, 1.82) is 0 Å². The Morgan fingerprint density at radius 2 is 1.02 bits per heavy atom. The standard InChI is InChI=1S/2C18H20N2O5S/c2*21-17-16(26-18(22)19-17)11-13-6-7-14(20(23)24)15(10-13)25-9-8-12-4-2-1-3-5-12/h2*6-7,10-12H,1-5,8-9H2,(H,19,21,22). The molecule has 16 heteroatoms. The molecule has 2 N–H and O–H groups in total. The minimum atomic E-state index is -0.479. The van der Waals surface area contributed by atoms with E-state index in [0.717, 1.165) is 36.4 Å². The monoisotopic (exact) mass is 752 g/mol. The number of carbonyl (C=O) groups is 4. The Hall–Kier alpha value is -4.70. The highest BCUT2D eigenvalue weighted by Gasteiger charge is 2.27. The number of benzene rings is 2. The Labute approximate surface area is 308 Å². The molecule has 2 aromatic rings. The Bertz CT molecular complexity index is 1640. The third-order valence-electron chi connectivity index (χ3n) is 9.26. The topological polar surface area (TPSA) is 197 Å². The van der Waals surface area contributed by atoms with Crippen molar-refractivity contribution < 1.29 is 38.5 Å². The summed E-state index contributed by atoms with van der Waals surface area (Å²) in [5, 5.41) is 26.0. The molecular formula is C36H40N4O10S2. The van der Waals surface area contributed by atoms with Crippen molar-refractivity contribution in [3.8, 4) is 11.5 Å². The number of ether oxygens (including phenoxy) is 2. The number of nitro benzene ring substituents is 2. The molecule has 2 saturated carbocycles. The first-order chi connectivity index (χ1) is 25.0. The van der Waals surface area contributed by atoms with Crippen LogP contribution in [0.1, 0.15) is 88.2 Å². The van der Waals surface area contributed by atoms with Gasteiger partial charge in [-0.3, -0.25) is 50.0 Å². The average molecular weight is 753 g/mol. The van der Waals surface area contributed by atoms with E-state index in [1.54, 1.807) is 12.1 Å². The van der Waals surface area contributed by atoms with E-state index in [-0.39, 0.29) is 32.7 Å². The molecule has 0 atom stereocenters. The van der Waals surface area contributed by atoms with E-state index in [9.17, 15) is 39.4 Å². The van der Waals surface area contributed by atoms with Gasteiger partial charge in [0.05, 0.1) is 32.9 Å². The minimum Gasteiger partial charge on any atom is -0.487 e. The first kappa shape index (κ1) is 38.5. The number of hydrogen-bond donors (Lipinski definition) is 2. The lowest BCUT2D eigenvalue weighted by Crippen LogP contribution is -2.17. The second-order valence-corrected chi connectivity index (χ2v) is 15.0. The van der Waals surface area contributed by atoms with Crippen molar-refractivity contribution in [3.63, 3.8) is 0 Å². The molecule has 0 radical (unpaired) electrons. The second-order valence-electron chi connectivity index (χ2n) is 13.0. The first-order valence-corrected chi connectivity index (χ1v) is 19.0. The zero-order valence-electron chi connectivity index (χ0n) is 28.5. The predicted octanol–water partition coefficient (Wildman–Crippen LogP) is 8.54. The lowest BCUT2D eigenvalue weighted by atomic mass is 9.87. The van der Waals surface area contributed by atoms with Crippen LogP contribution in [0.25, 0.3) is 12.2 Å². The van der Waals surface area contributed by atoms with Crippen molar-refractivity contribution in [1.82, 2.24) is 10.6 Å². The van der Waals surface area contributed by atoms with Crippen LogP contribution in [0.3, 0.4) is 0 Å². The summed E-state index contributed by atoms with van der Waals surface area (Å²) in [6.07, 6.45) is 17.1. The van der Waals surface area contributed by atoms with E-state index in [1.165, 1.54) is 101 Å². The summed E-state index contributed by atoms with van der Waals surface area (Å²) in [5.41, 5.74) is 0.956. The van der Waals surface area contributed by atoms with Crippen LogP contribution in [-0.2, 0) is 9.59 Å². The number of nitrogens with one attached hydrogen (secondary N) is 2. The molecule has 4 amide bonds. The normalized spacial score (nSPS) is 19.6. The van der Waals surface area contributed by atoms with E-state index >= 15 is 0 Å². The summed E-state index contributed by atoms with van der Waals surface area (Å²) in [7, 11) is 0. The SMILES string of the molecule is O=C1NC(=O)C(=Cc2ccc([N+](=O)[O-])c(OCCC3CCCCC3)c2)S1.O=C1NC(=O)C(=Cc2ccc([N+](=O)[O-])c(OCCC3CCCCC3)c2)S1. The zero-order valence-corrected chi connectivity index (χ0v) is 30.1. The molecule has 52 heavy (non-hydrogen) atoms. The van der Waals surface area contributed by atoms with Crippen LogP contribution in [0.15, 0.2) is 46.2 Å². The average Bonchev–Trinajstić information content (AvgIpc) is 3.62. The lowest BCUT2D eigenvalue weighted by molar-refractivity contribution is -0.386. The lowest BCUT2D eigenvalue weighted by Gasteiger charge is -2.21. The van der Waals surface area contributed by atoms with Crippen LogP contribution in [0.5, 0.6) is 11.5 Å². The van der Waals surface area contributed by atoms with Crippen molar-refractivity contribution in [2.45, 2.75) is 77.0 Å². The van der Waals surface area contributed by atoms with E-state index in [2.05, 4.69) is 10.6 Å². The smallest absolute Gasteiger partial charge is 0.310 e. The van der Waals surface area contributed by atoms with E-state index < -0.39 is 32.1 Å². The molecule has 2 saturated heterocycles. The third-order valence-corrected chi connectivity index (χ3v) is 10.9. The Morgan fingerprint density at radius 1 is 0.635 bits per heavy atom. The van der Waals surface area contributed by atoms with Gasteiger partial charge in [-0.15, -0.1) is 0 Å².